The third-order valence-electron chi connectivity index (χ3n) is 9.07. The van der Waals surface area contributed by atoms with Crippen molar-refractivity contribution < 1.29 is 31.3 Å². The first-order valence-electron chi connectivity index (χ1n) is 14.8. The number of anilines is 1. The number of piperidine rings is 1. The average molecular weight is 632 g/mol. The minimum absolute atomic E-state index is 0.0279. The first-order chi connectivity index (χ1) is 20.7. The number of rotatable bonds is 11. The number of sulfonamides is 1. The van der Waals surface area contributed by atoms with Gasteiger partial charge in [0.15, 0.2) is 0 Å². The van der Waals surface area contributed by atoms with E-state index in [1.54, 1.807) is 24.3 Å². The SMILES string of the molecule is O=C(CCc1ccc(N2C[C@@H]3C[C@H]2C[C@H]3OCc2c(-c3c(F)cccc3Cl)noc2C2CC2)c(F)c1)NS(=O)(=O)C1CC1. The minimum atomic E-state index is -3.58. The Balaban J connectivity index is 0.975. The van der Waals surface area contributed by atoms with Gasteiger partial charge in [-0.1, -0.05) is 28.9 Å². The summed E-state index contributed by atoms with van der Waals surface area (Å²) in [5.74, 6) is -0.179. The summed E-state index contributed by atoms with van der Waals surface area (Å²) >= 11 is 6.34. The molecular formula is C31H32ClF2N3O5S. The molecule has 12 heteroatoms. The molecule has 3 atom stereocenters. The summed E-state index contributed by atoms with van der Waals surface area (Å²) in [7, 11) is -3.58. The monoisotopic (exact) mass is 631 g/mol. The van der Waals surface area contributed by atoms with Gasteiger partial charge in [0, 0.05) is 36.4 Å². The molecule has 1 aliphatic heterocycles. The summed E-state index contributed by atoms with van der Waals surface area (Å²) in [5.41, 5.74) is 2.51. The van der Waals surface area contributed by atoms with Gasteiger partial charge in [-0.3, -0.25) is 9.52 Å². The maximum Gasteiger partial charge on any atom is 0.237 e. The first kappa shape index (κ1) is 28.7. The van der Waals surface area contributed by atoms with Crippen LogP contribution >= 0.6 is 11.6 Å². The summed E-state index contributed by atoms with van der Waals surface area (Å²) < 4.78 is 68.1. The standard InChI is InChI=1S/C31H32ClF2N3O5S/c32-23-2-1-3-24(33)29(23)30-22(31(42-35-30)18-6-7-18)16-41-27-14-20-13-19(27)15-37(20)26-10-4-17(12-25(26)34)5-11-28(38)36-43(39,40)21-8-9-21/h1-4,10,12,18-21,27H,5-9,11,13-16H2,(H,36,38)/t19-,20-,27+/m0/s1. The highest BCUT2D eigenvalue weighted by Crippen LogP contribution is 2.47. The molecule has 4 aliphatic rings. The van der Waals surface area contributed by atoms with Crippen LogP contribution in [0.4, 0.5) is 14.5 Å². The van der Waals surface area contributed by atoms with Gasteiger partial charge in [-0.25, -0.2) is 17.2 Å². The molecule has 3 aliphatic carbocycles. The Hall–Kier alpha value is -3.02. The Morgan fingerprint density at radius 1 is 1.12 bits per heavy atom. The zero-order valence-electron chi connectivity index (χ0n) is 23.4. The fourth-order valence-electron chi connectivity index (χ4n) is 6.51. The molecule has 1 N–H and O–H groups in total. The molecule has 3 aromatic rings. The molecule has 1 amide bonds. The molecule has 43 heavy (non-hydrogen) atoms. The molecule has 0 radical (unpaired) electrons. The van der Waals surface area contributed by atoms with E-state index in [9.17, 15) is 17.6 Å². The minimum Gasteiger partial charge on any atom is -0.373 e. The van der Waals surface area contributed by atoms with Crippen molar-refractivity contribution in [1.82, 2.24) is 9.88 Å². The molecular weight excluding hydrogens is 600 g/mol. The summed E-state index contributed by atoms with van der Waals surface area (Å²) in [6, 6.07) is 9.63. The van der Waals surface area contributed by atoms with Crippen LogP contribution in [0.1, 0.15) is 67.8 Å². The fourth-order valence-corrected chi connectivity index (χ4v) is 8.11. The number of aryl methyl sites for hydroxylation is 1. The lowest BCUT2D eigenvalue weighted by atomic mass is 10.0. The Bertz CT molecular complexity index is 1650. The quantitative estimate of drug-likeness (QED) is 0.282. The molecule has 0 unspecified atom stereocenters. The number of carbonyl (C=O) groups is 1. The van der Waals surface area contributed by atoms with Crippen LogP contribution in [0.2, 0.25) is 5.02 Å². The number of nitrogens with zero attached hydrogens (tertiary/aromatic N) is 2. The Kier molecular flexibility index (Phi) is 7.46. The number of amides is 1. The van der Waals surface area contributed by atoms with Gasteiger partial charge in [0.1, 0.15) is 23.1 Å². The van der Waals surface area contributed by atoms with Gasteiger partial charge >= 0.3 is 0 Å². The second-order valence-electron chi connectivity index (χ2n) is 12.2. The van der Waals surface area contributed by atoms with Crippen molar-refractivity contribution in [2.45, 2.75) is 81.3 Å². The Labute approximate surface area is 253 Å². The highest BCUT2D eigenvalue weighted by atomic mass is 35.5. The van der Waals surface area contributed by atoms with Crippen LogP contribution in [-0.2, 0) is 32.6 Å². The van der Waals surface area contributed by atoms with E-state index in [2.05, 4.69) is 14.8 Å². The number of aromatic nitrogens is 1. The second kappa shape index (κ2) is 11.2. The molecule has 7 rings (SSSR count). The smallest absolute Gasteiger partial charge is 0.237 e. The lowest BCUT2D eigenvalue weighted by Crippen LogP contribution is -2.39. The molecule has 2 heterocycles. The second-order valence-corrected chi connectivity index (χ2v) is 14.6. The van der Waals surface area contributed by atoms with Crippen LogP contribution in [0.5, 0.6) is 0 Å². The number of ether oxygens (including phenoxy) is 1. The van der Waals surface area contributed by atoms with E-state index in [1.165, 1.54) is 12.1 Å². The molecule has 1 saturated heterocycles. The molecule has 3 saturated carbocycles. The number of carbonyl (C=O) groups excluding carboxylic acids is 1. The highest BCUT2D eigenvalue weighted by Gasteiger charge is 2.46. The van der Waals surface area contributed by atoms with E-state index in [-0.39, 0.29) is 59.8 Å². The third-order valence-corrected chi connectivity index (χ3v) is 11.2. The van der Waals surface area contributed by atoms with E-state index in [1.807, 2.05) is 0 Å². The summed E-state index contributed by atoms with van der Waals surface area (Å²) in [5, 5.41) is 4.00. The van der Waals surface area contributed by atoms with E-state index in [4.69, 9.17) is 20.9 Å². The van der Waals surface area contributed by atoms with Gasteiger partial charge in [0.2, 0.25) is 15.9 Å². The van der Waals surface area contributed by atoms with Gasteiger partial charge in [-0.2, -0.15) is 0 Å². The highest BCUT2D eigenvalue weighted by molar-refractivity contribution is 7.90. The number of hydrogen-bond acceptors (Lipinski definition) is 7. The number of halogens is 3. The summed E-state index contributed by atoms with van der Waals surface area (Å²) in [4.78, 5) is 14.2. The maximum absolute atomic E-state index is 15.2. The van der Waals surface area contributed by atoms with Crippen molar-refractivity contribution in [3.05, 3.63) is 69.9 Å². The predicted molar refractivity (Wildman–Crippen MR) is 156 cm³/mol. The van der Waals surface area contributed by atoms with Gasteiger partial charge in [-0.15, -0.1) is 0 Å². The largest absolute Gasteiger partial charge is 0.373 e. The zero-order valence-corrected chi connectivity index (χ0v) is 25.0. The topological polar surface area (TPSA) is 102 Å². The molecule has 228 valence electrons. The van der Waals surface area contributed by atoms with Gasteiger partial charge in [0.25, 0.3) is 0 Å². The number of hydrogen-bond donors (Lipinski definition) is 1. The van der Waals surface area contributed by atoms with E-state index in [0.717, 1.165) is 37.0 Å². The molecule has 1 aromatic heterocycles. The van der Waals surface area contributed by atoms with Crippen LogP contribution < -0.4 is 9.62 Å². The average Bonchev–Trinajstić information content (AvgIpc) is 3.89. The molecule has 2 aromatic carbocycles. The van der Waals surface area contributed by atoms with Crippen LogP contribution in [-0.4, -0.2) is 43.4 Å². The van der Waals surface area contributed by atoms with Crippen molar-refractivity contribution in [2.75, 3.05) is 11.4 Å². The molecule has 2 bridgehead atoms. The lowest BCUT2D eigenvalue weighted by molar-refractivity contribution is -0.119. The number of nitrogens with one attached hydrogen (secondary N) is 1. The number of fused-ring (bicyclic) bond motifs is 2. The summed E-state index contributed by atoms with van der Waals surface area (Å²) in [6.45, 7) is 0.889. The number of benzene rings is 2. The predicted octanol–water partition coefficient (Wildman–Crippen LogP) is 5.88. The molecule has 0 spiro atoms. The first-order valence-corrected chi connectivity index (χ1v) is 16.7. The maximum atomic E-state index is 15.2. The zero-order chi connectivity index (χ0) is 29.9. The Morgan fingerprint density at radius 2 is 1.93 bits per heavy atom. The van der Waals surface area contributed by atoms with Gasteiger partial charge in [0.05, 0.1) is 34.2 Å². The summed E-state index contributed by atoms with van der Waals surface area (Å²) in [6.07, 6.45) is 4.96. The third kappa shape index (κ3) is 5.79. The normalized spacial score (nSPS) is 23.2. The van der Waals surface area contributed by atoms with Crippen molar-refractivity contribution in [3.63, 3.8) is 0 Å². The lowest BCUT2D eigenvalue weighted by Gasteiger charge is -2.33. The van der Waals surface area contributed by atoms with E-state index >= 15 is 4.39 Å². The molecule has 4 fully saturated rings. The fraction of sp³-hybridized carbons (Fsp3) is 0.484. The van der Waals surface area contributed by atoms with Crippen molar-refractivity contribution in [3.8, 4) is 11.3 Å². The van der Waals surface area contributed by atoms with Crippen LogP contribution in [0.3, 0.4) is 0 Å². The van der Waals surface area contributed by atoms with E-state index < -0.39 is 27.0 Å². The van der Waals surface area contributed by atoms with Crippen LogP contribution in [0.15, 0.2) is 40.9 Å². The van der Waals surface area contributed by atoms with Gasteiger partial charge in [-0.05, 0) is 74.8 Å². The van der Waals surface area contributed by atoms with E-state index in [0.29, 0.717) is 36.3 Å². The Morgan fingerprint density at radius 3 is 2.60 bits per heavy atom. The van der Waals surface area contributed by atoms with Crippen molar-refractivity contribution in [2.24, 2.45) is 5.92 Å². The van der Waals surface area contributed by atoms with Crippen LogP contribution in [0.25, 0.3) is 11.3 Å². The van der Waals surface area contributed by atoms with Crippen molar-refractivity contribution in [1.29, 1.82) is 0 Å². The van der Waals surface area contributed by atoms with Gasteiger partial charge < -0.3 is 14.2 Å². The molecule has 8 nitrogen and oxygen atoms in total. The van der Waals surface area contributed by atoms with Crippen molar-refractivity contribution >= 4 is 33.2 Å². The van der Waals surface area contributed by atoms with Crippen LogP contribution in [0, 0.1) is 17.6 Å².